The first kappa shape index (κ1) is 16.3. The number of aromatic nitrogens is 3. The van der Waals surface area contributed by atoms with Crippen LogP contribution in [-0.2, 0) is 4.79 Å². The van der Waals surface area contributed by atoms with Gasteiger partial charge in [-0.2, -0.15) is 0 Å². The molecule has 0 unspecified atom stereocenters. The fourth-order valence-electron chi connectivity index (χ4n) is 3.04. The predicted molar refractivity (Wildman–Crippen MR) is 93.4 cm³/mol. The van der Waals surface area contributed by atoms with Gasteiger partial charge < -0.3 is 10.3 Å². The minimum Gasteiger partial charge on any atom is -0.352 e. The first-order chi connectivity index (χ1) is 11.2. The Hall–Kier alpha value is -1.56. The van der Waals surface area contributed by atoms with Crippen LogP contribution in [0.2, 0.25) is 0 Å². The van der Waals surface area contributed by atoms with E-state index >= 15 is 0 Å². The number of amides is 1. The number of imidazole rings is 1. The van der Waals surface area contributed by atoms with E-state index < -0.39 is 0 Å². The van der Waals surface area contributed by atoms with Crippen LogP contribution < -0.4 is 5.32 Å². The molecular weight excluding hydrogens is 308 g/mol. The van der Waals surface area contributed by atoms with Crippen molar-refractivity contribution in [2.75, 3.05) is 0 Å². The number of carbonyl (C=O) groups is 1. The summed E-state index contributed by atoms with van der Waals surface area (Å²) < 4.78 is 0. The highest BCUT2D eigenvalue weighted by atomic mass is 32.2. The number of hydrogen-bond acceptors (Lipinski definition) is 4. The van der Waals surface area contributed by atoms with Gasteiger partial charge in [-0.3, -0.25) is 9.78 Å². The van der Waals surface area contributed by atoms with E-state index in [0.717, 1.165) is 41.4 Å². The summed E-state index contributed by atoms with van der Waals surface area (Å²) in [6.45, 7) is 4.34. The Labute approximate surface area is 141 Å². The van der Waals surface area contributed by atoms with Crippen LogP contribution in [0.1, 0.15) is 46.0 Å². The number of fused-ring (bicyclic) bond motifs is 1. The normalized spacial score (nSPS) is 22.9. The average molecular weight is 332 g/mol. The zero-order valence-corrected chi connectivity index (χ0v) is 14.5. The molecule has 2 aromatic rings. The molecule has 1 saturated carbocycles. The molecule has 1 amide bonds. The number of thioether (sulfide) groups is 1. The van der Waals surface area contributed by atoms with Crippen molar-refractivity contribution in [3.8, 4) is 0 Å². The van der Waals surface area contributed by atoms with Crippen molar-refractivity contribution >= 4 is 28.7 Å². The molecule has 0 radical (unpaired) electrons. The van der Waals surface area contributed by atoms with Crippen LogP contribution >= 0.6 is 11.8 Å². The minimum atomic E-state index is -0.108. The average Bonchev–Trinajstić information content (AvgIpc) is 2.97. The minimum absolute atomic E-state index is 0.108. The highest BCUT2D eigenvalue weighted by Gasteiger charge is 2.24. The Bertz CT molecular complexity index is 630. The molecule has 1 aliphatic carbocycles. The quantitative estimate of drug-likeness (QED) is 0.822. The van der Waals surface area contributed by atoms with Crippen LogP contribution in [-0.4, -0.2) is 32.2 Å². The summed E-state index contributed by atoms with van der Waals surface area (Å²) in [6.07, 6.45) is 8.91. The molecule has 5 nitrogen and oxygen atoms in total. The second-order valence-corrected chi connectivity index (χ2v) is 7.61. The summed E-state index contributed by atoms with van der Waals surface area (Å²) in [7, 11) is 0. The predicted octanol–water partition coefficient (Wildman–Crippen LogP) is 3.52. The van der Waals surface area contributed by atoms with Gasteiger partial charge in [0.25, 0.3) is 0 Å². The Morgan fingerprint density at radius 1 is 1.43 bits per heavy atom. The largest absolute Gasteiger partial charge is 0.352 e. The molecule has 0 aliphatic heterocycles. The molecule has 0 saturated heterocycles. The summed E-state index contributed by atoms with van der Waals surface area (Å²) in [5.41, 5.74) is 1.80. The van der Waals surface area contributed by atoms with Gasteiger partial charge in [0.2, 0.25) is 5.91 Å². The molecule has 0 bridgehead atoms. The third-order valence-electron chi connectivity index (χ3n) is 4.54. The Morgan fingerprint density at radius 2 is 2.22 bits per heavy atom. The zero-order chi connectivity index (χ0) is 16.2. The van der Waals surface area contributed by atoms with E-state index in [0.29, 0.717) is 6.04 Å². The molecule has 1 atom stereocenters. The van der Waals surface area contributed by atoms with E-state index in [1.165, 1.54) is 24.6 Å². The standard InChI is InChI=1S/C17H24N4OS/c1-3-15(16(22)19-12-6-4-11(2)5-7-12)23-17-20-13-8-9-18-10-14(13)21-17/h8-12,15H,3-7H2,1-2H3,(H,19,22)(H,20,21)/t11?,12?,15-/m0/s1. The van der Waals surface area contributed by atoms with Crippen LogP contribution in [0.25, 0.3) is 11.0 Å². The highest BCUT2D eigenvalue weighted by molar-refractivity contribution is 8.00. The number of pyridine rings is 1. The number of carbonyl (C=O) groups excluding carboxylic acids is 1. The lowest BCUT2D eigenvalue weighted by Crippen LogP contribution is -2.41. The Morgan fingerprint density at radius 3 is 2.91 bits per heavy atom. The molecule has 3 rings (SSSR count). The van der Waals surface area contributed by atoms with E-state index in [4.69, 9.17) is 0 Å². The summed E-state index contributed by atoms with van der Waals surface area (Å²) >= 11 is 1.51. The van der Waals surface area contributed by atoms with Gasteiger partial charge in [-0.15, -0.1) is 0 Å². The second-order valence-electron chi connectivity index (χ2n) is 6.41. The Kier molecular flexibility index (Phi) is 5.20. The van der Waals surface area contributed by atoms with Crippen LogP contribution in [0.4, 0.5) is 0 Å². The molecule has 2 aromatic heterocycles. The Balaban J connectivity index is 1.61. The number of nitrogens with zero attached hydrogens (tertiary/aromatic N) is 2. The summed E-state index contributed by atoms with van der Waals surface area (Å²) in [5.74, 6) is 0.930. The van der Waals surface area contributed by atoms with Gasteiger partial charge in [0.05, 0.1) is 22.5 Å². The van der Waals surface area contributed by atoms with E-state index in [1.54, 1.807) is 12.4 Å². The molecule has 0 spiro atoms. The molecule has 6 heteroatoms. The number of rotatable bonds is 5. The van der Waals surface area contributed by atoms with Crippen molar-refractivity contribution in [3.63, 3.8) is 0 Å². The highest BCUT2D eigenvalue weighted by Crippen LogP contribution is 2.27. The maximum Gasteiger partial charge on any atom is 0.233 e. The van der Waals surface area contributed by atoms with Crippen LogP contribution in [0.3, 0.4) is 0 Å². The molecule has 1 aliphatic rings. The van der Waals surface area contributed by atoms with Gasteiger partial charge in [0.15, 0.2) is 5.16 Å². The zero-order valence-electron chi connectivity index (χ0n) is 13.7. The van der Waals surface area contributed by atoms with Crippen molar-refractivity contribution < 1.29 is 4.79 Å². The monoisotopic (exact) mass is 332 g/mol. The third kappa shape index (κ3) is 4.05. The third-order valence-corrected chi connectivity index (χ3v) is 5.79. The van der Waals surface area contributed by atoms with Gasteiger partial charge in [0.1, 0.15) is 0 Å². The van der Waals surface area contributed by atoms with E-state index in [9.17, 15) is 4.79 Å². The van der Waals surface area contributed by atoms with Gasteiger partial charge in [-0.1, -0.05) is 25.6 Å². The molecule has 2 heterocycles. The molecular formula is C17H24N4OS. The molecule has 2 N–H and O–H groups in total. The summed E-state index contributed by atoms with van der Waals surface area (Å²) in [6, 6.07) is 2.22. The number of hydrogen-bond donors (Lipinski definition) is 2. The van der Waals surface area contributed by atoms with Crippen LogP contribution in [0.5, 0.6) is 0 Å². The summed E-state index contributed by atoms with van der Waals surface area (Å²) in [4.78, 5) is 24.4. The smallest absolute Gasteiger partial charge is 0.233 e. The lowest BCUT2D eigenvalue weighted by Gasteiger charge is -2.28. The van der Waals surface area contributed by atoms with Crippen molar-refractivity contribution in [2.45, 2.75) is 62.4 Å². The van der Waals surface area contributed by atoms with Crippen LogP contribution in [0, 0.1) is 5.92 Å². The van der Waals surface area contributed by atoms with Gasteiger partial charge >= 0.3 is 0 Å². The van der Waals surface area contributed by atoms with Crippen molar-refractivity contribution in [1.82, 2.24) is 20.3 Å². The second kappa shape index (κ2) is 7.34. The van der Waals surface area contributed by atoms with Gasteiger partial charge in [-0.05, 0) is 44.1 Å². The fraction of sp³-hybridized carbons (Fsp3) is 0.588. The lowest BCUT2D eigenvalue weighted by atomic mass is 9.87. The van der Waals surface area contributed by atoms with Crippen LogP contribution in [0.15, 0.2) is 23.6 Å². The number of nitrogens with one attached hydrogen (secondary N) is 2. The van der Waals surface area contributed by atoms with Gasteiger partial charge in [0, 0.05) is 12.2 Å². The van der Waals surface area contributed by atoms with E-state index in [2.05, 4.69) is 27.2 Å². The first-order valence-electron chi connectivity index (χ1n) is 8.42. The molecule has 124 valence electrons. The van der Waals surface area contributed by atoms with E-state index in [-0.39, 0.29) is 11.2 Å². The first-order valence-corrected chi connectivity index (χ1v) is 9.30. The topological polar surface area (TPSA) is 70.7 Å². The maximum absolute atomic E-state index is 12.6. The molecule has 23 heavy (non-hydrogen) atoms. The lowest BCUT2D eigenvalue weighted by molar-refractivity contribution is -0.121. The molecule has 0 aromatic carbocycles. The van der Waals surface area contributed by atoms with Gasteiger partial charge in [-0.25, -0.2) is 4.98 Å². The number of aromatic amines is 1. The number of H-pyrrole nitrogens is 1. The van der Waals surface area contributed by atoms with Crippen molar-refractivity contribution in [3.05, 3.63) is 18.5 Å². The molecule has 1 fully saturated rings. The van der Waals surface area contributed by atoms with Crippen molar-refractivity contribution in [2.24, 2.45) is 5.92 Å². The SMILES string of the molecule is CC[C@H](Sc1nc2ccncc2[nH]1)C(=O)NC1CCC(C)CC1. The fourth-order valence-corrected chi connectivity index (χ4v) is 3.98. The maximum atomic E-state index is 12.6. The summed E-state index contributed by atoms with van der Waals surface area (Å²) in [5, 5.41) is 3.91. The van der Waals surface area contributed by atoms with Crippen molar-refractivity contribution in [1.29, 1.82) is 0 Å². The van der Waals surface area contributed by atoms with E-state index in [1.807, 2.05) is 13.0 Å².